The lowest BCUT2D eigenvalue weighted by Gasteiger charge is -2.25. The fraction of sp³-hybridized carbons (Fsp3) is 0.316. The van der Waals surface area contributed by atoms with Crippen LogP contribution in [0.25, 0.3) is 0 Å². The van der Waals surface area contributed by atoms with Crippen molar-refractivity contribution in [1.29, 1.82) is 0 Å². The maximum Gasteiger partial charge on any atom is 0.317 e. The molecule has 0 saturated heterocycles. The molecule has 3 nitrogen and oxygen atoms in total. The van der Waals surface area contributed by atoms with Gasteiger partial charge >= 0.3 is 6.03 Å². The lowest BCUT2D eigenvalue weighted by atomic mass is 10.1. The first-order valence-corrected chi connectivity index (χ1v) is 7.88. The van der Waals surface area contributed by atoms with Crippen LogP contribution in [0.3, 0.4) is 0 Å². The molecule has 0 saturated carbocycles. The zero-order valence-corrected chi connectivity index (χ0v) is 13.6. The summed E-state index contributed by atoms with van der Waals surface area (Å²) < 4.78 is 13.0. The quantitative estimate of drug-likeness (QED) is 0.798. The molecule has 122 valence electrons. The van der Waals surface area contributed by atoms with Crippen LogP contribution in [-0.4, -0.2) is 24.5 Å². The van der Waals surface area contributed by atoms with E-state index in [0.29, 0.717) is 6.54 Å². The van der Waals surface area contributed by atoms with Crippen molar-refractivity contribution in [1.82, 2.24) is 10.2 Å². The Kier molecular flexibility index (Phi) is 6.15. The van der Waals surface area contributed by atoms with Crippen LogP contribution in [0.15, 0.2) is 54.6 Å². The Morgan fingerprint density at radius 1 is 1.13 bits per heavy atom. The van der Waals surface area contributed by atoms with Gasteiger partial charge in [0, 0.05) is 13.6 Å². The Morgan fingerprint density at radius 2 is 1.78 bits per heavy atom. The van der Waals surface area contributed by atoms with Crippen LogP contribution in [-0.2, 0) is 6.42 Å². The predicted molar refractivity (Wildman–Crippen MR) is 90.7 cm³/mol. The summed E-state index contributed by atoms with van der Waals surface area (Å²) in [6, 6.07) is 16.2. The van der Waals surface area contributed by atoms with Crippen molar-refractivity contribution in [3.63, 3.8) is 0 Å². The van der Waals surface area contributed by atoms with Gasteiger partial charge in [0.2, 0.25) is 0 Å². The number of nitrogens with one attached hydrogen (secondary N) is 1. The van der Waals surface area contributed by atoms with Gasteiger partial charge in [-0.25, -0.2) is 9.18 Å². The van der Waals surface area contributed by atoms with Crippen molar-refractivity contribution in [3.8, 4) is 0 Å². The second-order valence-corrected chi connectivity index (χ2v) is 5.66. The number of hydrogen-bond acceptors (Lipinski definition) is 1. The van der Waals surface area contributed by atoms with Crippen LogP contribution in [0.4, 0.5) is 9.18 Å². The minimum absolute atomic E-state index is 0.107. The largest absolute Gasteiger partial charge is 0.338 e. The minimum Gasteiger partial charge on any atom is -0.338 e. The van der Waals surface area contributed by atoms with E-state index in [2.05, 4.69) is 17.4 Å². The van der Waals surface area contributed by atoms with Crippen LogP contribution >= 0.6 is 0 Å². The molecule has 0 aromatic heterocycles. The third-order valence-electron chi connectivity index (χ3n) is 4.01. The first kappa shape index (κ1) is 17.0. The zero-order valence-electron chi connectivity index (χ0n) is 13.6. The third kappa shape index (κ3) is 5.09. The Labute approximate surface area is 137 Å². The number of aryl methyl sites for hydroxylation is 1. The maximum absolute atomic E-state index is 13.0. The van der Waals surface area contributed by atoms with E-state index in [1.165, 1.54) is 17.7 Å². The van der Waals surface area contributed by atoms with Crippen molar-refractivity contribution >= 4 is 6.03 Å². The van der Waals surface area contributed by atoms with Crippen molar-refractivity contribution in [2.24, 2.45) is 0 Å². The number of carbonyl (C=O) groups is 1. The normalized spacial score (nSPS) is 11.8. The Bertz CT molecular complexity index is 613. The zero-order chi connectivity index (χ0) is 16.7. The van der Waals surface area contributed by atoms with E-state index in [9.17, 15) is 9.18 Å². The van der Waals surface area contributed by atoms with E-state index in [4.69, 9.17) is 0 Å². The summed E-state index contributed by atoms with van der Waals surface area (Å²) in [5.74, 6) is -0.269. The molecule has 0 spiro atoms. The third-order valence-corrected chi connectivity index (χ3v) is 4.01. The van der Waals surface area contributed by atoms with Crippen LogP contribution in [0.1, 0.15) is 30.5 Å². The highest BCUT2D eigenvalue weighted by atomic mass is 19.1. The molecule has 0 unspecified atom stereocenters. The maximum atomic E-state index is 13.0. The highest BCUT2D eigenvalue weighted by molar-refractivity contribution is 5.74. The molecule has 1 N–H and O–H groups in total. The molecular formula is C19H23FN2O. The summed E-state index contributed by atoms with van der Waals surface area (Å²) in [7, 11) is 1.75. The predicted octanol–water partition coefficient (Wildman–Crippen LogP) is 4.16. The second kappa shape index (κ2) is 8.32. The molecule has 0 radical (unpaired) electrons. The summed E-state index contributed by atoms with van der Waals surface area (Å²) in [6.07, 6.45) is 1.84. The molecule has 0 heterocycles. The Balaban J connectivity index is 1.77. The van der Waals surface area contributed by atoms with Gasteiger partial charge in [-0.3, -0.25) is 0 Å². The summed E-state index contributed by atoms with van der Waals surface area (Å²) in [5.41, 5.74) is 2.18. The summed E-state index contributed by atoms with van der Waals surface area (Å²) in [5, 5.41) is 2.93. The standard InChI is InChI=1S/C19H23FN2O/c1-15(17-10-12-18(20)13-11-17)22(2)19(23)21-14-6-9-16-7-4-3-5-8-16/h3-5,7-8,10-13,15H,6,9,14H2,1-2H3,(H,21,23)/t15-/m1/s1. The van der Waals surface area contributed by atoms with Crippen molar-refractivity contribution in [2.45, 2.75) is 25.8 Å². The summed E-state index contributed by atoms with van der Waals surface area (Å²) in [6.45, 7) is 2.56. The van der Waals surface area contributed by atoms with Crippen molar-refractivity contribution in [2.75, 3.05) is 13.6 Å². The number of carbonyl (C=O) groups excluding carboxylic acids is 1. The first-order valence-electron chi connectivity index (χ1n) is 7.88. The molecule has 2 amide bonds. The lowest BCUT2D eigenvalue weighted by Crippen LogP contribution is -2.39. The van der Waals surface area contributed by atoms with Gasteiger partial charge in [0.25, 0.3) is 0 Å². The van der Waals surface area contributed by atoms with E-state index in [0.717, 1.165) is 18.4 Å². The summed E-state index contributed by atoms with van der Waals surface area (Å²) in [4.78, 5) is 13.8. The second-order valence-electron chi connectivity index (χ2n) is 5.66. The van der Waals surface area contributed by atoms with Crippen LogP contribution in [0.2, 0.25) is 0 Å². The smallest absolute Gasteiger partial charge is 0.317 e. The van der Waals surface area contributed by atoms with Gasteiger partial charge in [-0.15, -0.1) is 0 Å². The van der Waals surface area contributed by atoms with E-state index < -0.39 is 0 Å². The van der Waals surface area contributed by atoms with E-state index in [1.54, 1.807) is 24.1 Å². The van der Waals surface area contributed by atoms with Gasteiger partial charge < -0.3 is 10.2 Å². The van der Waals surface area contributed by atoms with E-state index >= 15 is 0 Å². The first-order chi connectivity index (χ1) is 11.1. The number of benzene rings is 2. The molecule has 2 aromatic rings. The molecule has 2 aromatic carbocycles. The molecule has 4 heteroatoms. The highest BCUT2D eigenvalue weighted by Crippen LogP contribution is 2.18. The van der Waals surface area contributed by atoms with Gasteiger partial charge in [-0.2, -0.15) is 0 Å². The van der Waals surface area contributed by atoms with Crippen LogP contribution in [0.5, 0.6) is 0 Å². The molecule has 0 aliphatic heterocycles. The SMILES string of the molecule is C[C@H](c1ccc(F)cc1)N(C)C(=O)NCCCc1ccccc1. The number of hydrogen-bond donors (Lipinski definition) is 1. The Morgan fingerprint density at radius 3 is 2.43 bits per heavy atom. The van der Waals surface area contributed by atoms with E-state index in [1.807, 2.05) is 25.1 Å². The van der Waals surface area contributed by atoms with Gasteiger partial charge in [0.05, 0.1) is 6.04 Å². The lowest BCUT2D eigenvalue weighted by molar-refractivity contribution is 0.194. The van der Waals surface area contributed by atoms with E-state index in [-0.39, 0.29) is 17.9 Å². The average molecular weight is 314 g/mol. The molecule has 0 fully saturated rings. The molecule has 2 rings (SSSR count). The molecular weight excluding hydrogens is 291 g/mol. The van der Waals surface area contributed by atoms with Crippen LogP contribution in [0, 0.1) is 5.82 Å². The minimum atomic E-state index is -0.269. The fourth-order valence-corrected chi connectivity index (χ4v) is 2.40. The van der Waals surface area contributed by atoms with Gasteiger partial charge in [0.1, 0.15) is 5.82 Å². The van der Waals surface area contributed by atoms with Gasteiger partial charge in [0.15, 0.2) is 0 Å². The Hall–Kier alpha value is -2.36. The average Bonchev–Trinajstić information content (AvgIpc) is 2.59. The number of nitrogens with zero attached hydrogens (tertiary/aromatic N) is 1. The molecule has 0 aliphatic carbocycles. The molecule has 23 heavy (non-hydrogen) atoms. The molecule has 1 atom stereocenters. The molecule has 0 bridgehead atoms. The monoisotopic (exact) mass is 314 g/mol. The topological polar surface area (TPSA) is 32.3 Å². The number of rotatable bonds is 6. The highest BCUT2D eigenvalue weighted by Gasteiger charge is 2.16. The molecule has 0 aliphatic rings. The fourth-order valence-electron chi connectivity index (χ4n) is 2.40. The van der Waals surface area contributed by atoms with Crippen molar-refractivity contribution in [3.05, 3.63) is 71.5 Å². The number of amides is 2. The number of halogens is 1. The van der Waals surface area contributed by atoms with Crippen LogP contribution < -0.4 is 5.32 Å². The number of urea groups is 1. The summed E-state index contributed by atoms with van der Waals surface area (Å²) >= 11 is 0. The van der Waals surface area contributed by atoms with Gasteiger partial charge in [-0.1, -0.05) is 42.5 Å². The van der Waals surface area contributed by atoms with Gasteiger partial charge in [-0.05, 0) is 43.0 Å². The van der Waals surface area contributed by atoms with Crippen molar-refractivity contribution < 1.29 is 9.18 Å².